The normalized spacial score (nSPS) is 10.7. The highest BCUT2D eigenvalue weighted by Gasteiger charge is 2.14. The van der Waals surface area contributed by atoms with Gasteiger partial charge in [0.25, 0.3) is 11.8 Å². The molecule has 0 fully saturated rings. The van der Waals surface area contributed by atoms with Crippen LogP contribution in [0.1, 0.15) is 31.8 Å². The average Bonchev–Trinajstić information content (AvgIpc) is 3.54. The number of amides is 2. The highest BCUT2D eigenvalue weighted by atomic mass is 16.2. The first-order chi connectivity index (χ1) is 17.6. The topological polar surface area (TPSA) is 107 Å². The van der Waals surface area contributed by atoms with Crippen LogP contribution in [-0.2, 0) is 13.1 Å². The quantitative estimate of drug-likeness (QED) is 0.350. The molecule has 9 nitrogen and oxygen atoms in total. The Balaban J connectivity index is 1.20. The molecule has 178 valence electrons. The lowest BCUT2D eigenvalue weighted by Gasteiger charge is -2.06. The maximum absolute atomic E-state index is 12.7. The third kappa shape index (κ3) is 5.71. The molecule has 0 spiro atoms. The molecule has 0 aliphatic rings. The molecule has 9 heteroatoms. The summed E-state index contributed by atoms with van der Waals surface area (Å²) in [7, 11) is 0. The van der Waals surface area contributed by atoms with Gasteiger partial charge in [0.1, 0.15) is 0 Å². The first-order valence-corrected chi connectivity index (χ1v) is 11.3. The standard InChI is InChI=1S/C27H23N7O2/c35-26(29-24-11-13-33(31-24)18-20-7-3-1-4-8-20)22-15-23(17-28-16-22)27(36)30-25-12-14-34(32-25)19-21-9-5-2-6-10-21/h1-17H,18-19H2,(H,29,31,35)(H,30,32,36). The lowest BCUT2D eigenvalue weighted by molar-refractivity contribution is 0.102. The average molecular weight is 478 g/mol. The van der Waals surface area contributed by atoms with Crippen LogP contribution in [0.4, 0.5) is 11.6 Å². The fraction of sp³-hybridized carbons (Fsp3) is 0.0741. The Bertz CT molecular complexity index is 1370. The minimum Gasteiger partial charge on any atom is -0.305 e. The van der Waals surface area contributed by atoms with Crippen LogP contribution in [0.2, 0.25) is 0 Å². The molecule has 0 atom stereocenters. The maximum atomic E-state index is 12.7. The zero-order chi connectivity index (χ0) is 24.7. The number of carbonyl (C=O) groups is 2. The highest BCUT2D eigenvalue weighted by molar-refractivity contribution is 6.07. The van der Waals surface area contributed by atoms with E-state index in [0.717, 1.165) is 11.1 Å². The second kappa shape index (κ2) is 10.5. The van der Waals surface area contributed by atoms with Crippen molar-refractivity contribution in [2.75, 3.05) is 10.6 Å². The monoisotopic (exact) mass is 477 g/mol. The highest BCUT2D eigenvalue weighted by Crippen LogP contribution is 2.12. The summed E-state index contributed by atoms with van der Waals surface area (Å²) in [5.41, 5.74) is 2.70. The summed E-state index contributed by atoms with van der Waals surface area (Å²) in [4.78, 5) is 29.5. The van der Waals surface area contributed by atoms with E-state index in [2.05, 4.69) is 25.8 Å². The minimum atomic E-state index is -0.408. The Morgan fingerprint density at radius 1 is 0.639 bits per heavy atom. The molecule has 0 radical (unpaired) electrons. The van der Waals surface area contributed by atoms with Gasteiger partial charge in [-0.05, 0) is 17.2 Å². The number of pyridine rings is 1. The number of anilines is 2. The smallest absolute Gasteiger partial charge is 0.258 e. The molecule has 2 amide bonds. The molecule has 2 aromatic carbocycles. The van der Waals surface area contributed by atoms with Crippen molar-refractivity contribution in [2.24, 2.45) is 0 Å². The first-order valence-electron chi connectivity index (χ1n) is 11.3. The maximum Gasteiger partial charge on any atom is 0.258 e. The Morgan fingerprint density at radius 2 is 1.08 bits per heavy atom. The third-order valence-corrected chi connectivity index (χ3v) is 5.40. The Hall–Kier alpha value is -5.05. The van der Waals surface area contributed by atoms with Gasteiger partial charge in [-0.15, -0.1) is 0 Å². The van der Waals surface area contributed by atoms with Gasteiger partial charge in [0.05, 0.1) is 24.2 Å². The van der Waals surface area contributed by atoms with E-state index in [1.165, 1.54) is 18.5 Å². The van der Waals surface area contributed by atoms with Gasteiger partial charge in [-0.25, -0.2) is 0 Å². The fourth-order valence-corrected chi connectivity index (χ4v) is 3.64. The largest absolute Gasteiger partial charge is 0.305 e. The van der Waals surface area contributed by atoms with Gasteiger partial charge in [-0.2, -0.15) is 10.2 Å². The van der Waals surface area contributed by atoms with Crippen LogP contribution >= 0.6 is 0 Å². The number of benzene rings is 2. The summed E-state index contributed by atoms with van der Waals surface area (Å²) in [5.74, 6) is 0.00739. The molecule has 0 saturated carbocycles. The SMILES string of the molecule is O=C(Nc1ccn(Cc2ccccc2)n1)c1cncc(C(=O)Nc2ccn(Cc3ccccc3)n2)c1. The second-order valence-corrected chi connectivity index (χ2v) is 8.14. The molecule has 3 heterocycles. The van der Waals surface area contributed by atoms with Crippen LogP contribution in [0.3, 0.4) is 0 Å². The molecular weight excluding hydrogens is 454 g/mol. The molecule has 0 aliphatic heterocycles. The molecule has 0 unspecified atom stereocenters. The van der Waals surface area contributed by atoms with E-state index >= 15 is 0 Å². The second-order valence-electron chi connectivity index (χ2n) is 8.14. The van der Waals surface area contributed by atoms with Crippen molar-refractivity contribution < 1.29 is 9.59 Å². The predicted molar refractivity (Wildman–Crippen MR) is 136 cm³/mol. The van der Waals surface area contributed by atoms with E-state index in [-0.39, 0.29) is 11.1 Å². The number of hydrogen-bond acceptors (Lipinski definition) is 5. The van der Waals surface area contributed by atoms with Crippen LogP contribution in [0, 0.1) is 0 Å². The fourth-order valence-electron chi connectivity index (χ4n) is 3.64. The number of hydrogen-bond donors (Lipinski definition) is 2. The van der Waals surface area contributed by atoms with E-state index in [9.17, 15) is 9.59 Å². The summed E-state index contributed by atoms with van der Waals surface area (Å²) in [6, 6.07) is 24.7. The molecule has 0 saturated heterocycles. The third-order valence-electron chi connectivity index (χ3n) is 5.40. The Morgan fingerprint density at radius 3 is 1.53 bits per heavy atom. The van der Waals surface area contributed by atoms with Crippen molar-refractivity contribution in [2.45, 2.75) is 13.1 Å². The van der Waals surface area contributed by atoms with Gasteiger partial charge < -0.3 is 10.6 Å². The van der Waals surface area contributed by atoms with E-state index < -0.39 is 11.8 Å². The Kier molecular flexibility index (Phi) is 6.61. The lowest BCUT2D eigenvalue weighted by atomic mass is 10.2. The molecule has 0 bridgehead atoms. The zero-order valence-electron chi connectivity index (χ0n) is 19.3. The molecule has 36 heavy (non-hydrogen) atoms. The molecular formula is C27H23N7O2. The van der Waals surface area contributed by atoms with Gasteiger partial charge >= 0.3 is 0 Å². The van der Waals surface area contributed by atoms with Crippen LogP contribution in [0.25, 0.3) is 0 Å². The summed E-state index contributed by atoms with van der Waals surface area (Å²) >= 11 is 0. The van der Waals surface area contributed by atoms with Crippen LogP contribution in [0.15, 0.2) is 104 Å². The van der Waals surface area contributed by atoms with Gasteiger partial charge in [0, 0.05) is 36.9 Å². The molecule has 5 rings (SSSR count). The van der Waals surface area contributed by atoms with E-state index in [1.54, 1.807) is 33.9 Å². The molecule has 5 aromatic rings. The van der Waals surface area contributed by atoms with Gasteiger partial charge in [-0.3, -0.25) is 23.9 Å². The van der Waals surface area contributed by atoms with E-state index in [0.29, 0.717) is 24.7 Å². The van der Waals surface area contributed by atoms with E-state index in [1.807, 2.05) is 60.7 Å². The van der Waals surface area contributed by atoms with Crippen molar-refractivity contribution in [1.29, 1.82) is 0 Å². The van der Waals surface area contributed by atoms with Gasteiger partial charge in [0.2, 0.25) is 0 Å². The van der Waals surface area contributed by atoms with Crippen molar-refractivity contribution in [1.82, 2.24) is 24.5 Å². The number of aromatic nitrogens is 5. The van der Waals surface area contributed by atoms with Crippen LogP contribution < -0.4 is 10.6 Å². The van der Waals surface area contributed by atoms with Crippen molar-refractivity contribution in [3.05, 3.63) is 126 Å². The number of rotatable bonds is 8. The summed E-state index contributed by atoms with van der Waals surface area (Å²) in [5, 5.41) is 14.3. The van der Waals surface area contributed by atoms with E-state index in [4.69, 9.17) is 0 Å². The molecule has 0 aliphatic carbocycles. The summed E-state index contributed by atoms with van der Waals surface area (Å²) in [6.45, 7) is 1.18. The molecule has 2 N–H and O–H groups in total. The first kappa shape index (κ1) is 22.7. The van der Waals surface area contributed by atoms with Crippen molar-refractivity contribution in [3.8, 4) is 0 Å². The summed E-state index contributed by atoms with van der Waals surface area (Å²) < 4.78 is 3.48. The minimum absolute atomic E-state index is 0.245. The van der Waals surface area contributed by atoms with Crippen molar-refractivity contribution >= 4 is 23.5 Å². The predicted octanol–water partition coefficient (Wildman–Crippen LogP) is 4.08. The van der Waals surface area contributed by atoms with Crippen LogP contribution in [0.5, 0.6) is 0 Å². The number of carbonyl (C=O) groups excluding carboxylic acids is 2. The van der Waals surface area contributed by atoms with Crippen LogP contribution in [-0.4, -0.2) is 36.4 Å². The van der Waals surface area contributed by atoms with Gasteiger partial charge in [-0.1, -0.05) is 60.7 Å². The van der Waals surface area contributed by atoms with Gasteiger partial charge in [0.15, 0.2) is 11.6 Å². The van der Waals surface area contributed by atoms with Crippen molar-refractivity contribution in [3.63, 3.8) is 0 Å². The number of nitrogens with one attached hydrogen (secondary N) is 2. The molecule has 3 aromatic heterocycles. The number of nitrogens with zero attached hydrogens (tertiary/aromatic N) is 5. The lowest BCUT2D eigenvalue weighted by Crippen LogP contribution is -2.17. The Labute approximate surface area is 207 Å². The zero-order valence-corrected chi connectivity index (χ0v) is 19.3. The summed E-state index contributed by atoms with van der Waals surface area (Å²) in [6.07, 6.45) is 6.40.